The summed E-state index contributed by atoms with van der Waals surface area (Å²) in [7, 11) is 0. The Hall–Kier alpha value is 0.390. The fourth-order valence-electron chi connectivity index (χ4n) is 0.459. The van der Waals surface area contributed by atoms with Crippen LogP contribution < -0.4 is 11.5 Å². The van der Waals surface area contributed by atoms with Gasteiger partial charge in [0.1, 0.15) is 0 Å². The molecule has 0 spiro atoms. The van der Waals surface area contributed by atoms with E-state index in [2.05, 4.69) is 0 Å². The lowest BCUT2D eigenvalue weighted by molar-refractivity contribution is 0.301. The Bertz CT molecular complexity index is 106. The molecule has 0 saturated heterocycles. The van der Waals surface area contributed by atoms with Crippen LogP contribution in [0, 0.1) is 0 Å². The lowest BCUT2D eigenvalue weighted by Gasteiger charge is -2.03. The summed E-state index contributed by atoms with van der Waals surface area (Å²) in [5, 5.41) is 0.593. The second-order valence-corrected chi connectivity index (χ2v) is 2.36. The minimum atomic E-state index is 0. The molecule has 0 saturated carbocycles. The van der Waals surface area contributed by atoms with E-state index in [1.54, 1.807) is 0 Å². The van der Waals surface area contributed by atoms with Crippen molar-refractivity contribution in [1.82, 2.24) is 0 Å². The van der Waals surface area contributed by atoms with Crippen LogP contribution in [0.4, 0.5) is 0 Å². The molecule has 3 nitrogen and oxygen atoms in total. The van der Waals surface area contributed by atoms with Crippen molar-refractivity contribution in [3.63, 3.8) is 0 Å². The fourth-order valence-corrected chi connectivity index (χ4v) is 0.661. The highest BCUT2D eigenvalue weighted by Gasteiger charge is 1.93. The second kappa shape index (κ2) is 13.9. The number of halogens is 2. The Morgan fingerprint density at radius 2 is 1.75 bits per heavy atom. The predicted octanol–water partition coefficient (Wildman–Crippen LogP) is 0.872. The molecule has 0 fully saturated rings. The van der Waals surface area contributed by atoms with Crippen molar-refractivity contribution < 1.29 is 4.74 Å². The normalized spacial score (nSPS) is 7.83. The van der Waals surface area contributed by atoms with E-state index in [-0.39, 0.29) is 24.8 Å². The van der Waals surface area contributed by atoms with Crippen LogP contribution in [0.5, 0.6) is 0 Å². The van der Waals surface area contributed by atoms with E-state index in [0.29, 0.717) is 31.2 Å². The molecule has 76 valence electrons. The van der Waals surface area contributed by atoms with Gasteiger partial charge >= 0.3 is 0 Å². The highest BCUT2D eigenvalue weighted by atomic mass is 35.5. The molecule has 0 aliphatic rings. The maximum atomic E-state index is 5.24. The van der Waals surface area contributed by atoms with E-state index in [1.165, 1.54) is 0 Å². The van der Waals surface area contributed by atoms with Crippen LogP contribution in [0.2, 0.25) is 0 Å². The topological polar surface area (TPSA) is 61.3 Å². The van der Waals surface area contributed by atoms with Crippen LogP contribution >= 0.6 is 37.0 Å². The van der Waals surface area contributed by atoms with Crippen LogP contribution in [0.1, 0.15) is 12.8 Å². The van der Waals surface area contributed by atoms with Crippen molar-refractivity contribution >= 4 is 42.1 Å². The van der Waals surface area contributed by atoms with Crippen molar-refractivity contribution in [2.24, 2.45) is 11.5 Å². The molecule has 0 aromatic heterocycles. The minimum Gasteiger partial charge on any atom is -0.487 e. The molecule has 12 heavy (non-hydrogen) atoms. The average molecular weight is 235 g/mol. The van der Waals surface area contributed by atoms with Crippen LogP contribution in [0.25, 0.3) is 0 Å². The van der Waals surface area contributed by atoms with Gasteiger partial charge in [0, 0.05) is 13.0 Å². The summed E-state index contributed by atoms with van der Waals surface area (Å²) in [6.07, 6.45) is 1.52. The quantitative estimate of drug-likeness (QED) is 0.548. The number of ether oxygens (including phenoxy) is 1. The van der Waals surface area contributed by atoms with Gasteiger partial charge in [0.2, 0.25) is 0 Å². The van der Waals surface area contributed by atoms with Crippen LogP contribution in [-0.2, 0) is 4.74 Å². The van der Waals surface area contributed by atoms with E-state index in [9.17, 15) is 0 Å². The van der Waals surface area contributed by atoms with Gasteiger partial charge in [-0.15, -0.1) is 24.8 Å². The van der Waals surface area contributed by atoms with Crippen LogP contribution in [-0.4, -0.2) is 24.7 Å². The molecule has 0 heterocycles. The van der Waals surface area contributed by atoms with Gasteiger partial charge in [0.05, 0.1) is 6.61 Å². The molecular formula is C6H16Cl2N2OS. The van der Waals surface area contributed by atoms with Gasteiger partial charge in [-0.05, 0) is 25.2 Å². The zero-order valence-electron chi connectivity index (χ0n) is 6.82. The second-order valence-electron chi connectivity index (χ2n) is 1.90. The van der Waals surface area contributed by atoms with Gasteiger partial charge in [-0.3, -0.25) is 0 Å². The smallest absolute Gasteiger partial charge is 0.160 e. The van der Waals surface area contributed by atoms with Gasteiger partial charge in [0.15, 0.2) is 5.05 Å². The number of thiocarbonyl (C=S) groups is 1. The van der Waals surface area contributed by atoms with Crippen molar-refractivity contribution in [1.29, 1.82) is 0 Å². The summed E-state index contributed by atoms with van der Waals surface area (Å²) in [4.78, 5) is 0. The van der Waals surface area contributed by atoms with E-state index in [0.717, 1.165) is 6.42 Å². The third-order valence-corrected chi connectivity index (χ3v) is 1.28. The summed E-state index contributed by atoms with van der Waals surface area (Å²) in [5.74, 6) is 0. The molecule has 4 N–H and O–H groups in total. The first-order valence-electron chi connectivity index (χ1n) is 3.37. The Kier molecular flexibility index (Phi) is 21.2. The highest BCUT2D eigenvalue weighted by Crippen LogP contribution is 1.88. The summed E-state index contributed by atoms with van der Waals surface area (Å²) in [6.45, 7) is 1.82. The van der Waals surface area contributed by atoms with Gasteiger partial charge in [-0.2, -0.15) is 0 Å². The van der Waals surface area contributed by atoms with Crippen molar-refractivity contribution in [2.45, 2.75) is 12.8 Å². The lowest BCUT2D eigenvalue weighted by Crippen LogP contribution is -2.12. The molecule has 0 radical (unpaired) electrons. The standard InChI is InChI=1S/C6H14N2OS.2ClH/c7-3-1-5-9-6(10)2-4-8;;/h1-5,7-8H2;2*1H. The first-order chi connectivity index (χ1) is 4.81. The SMILES string of the molecule is Cl.Cl.NCCCOC(=S)CCN. The van der Waals surface area contributed by atoms with E-state index in [1.807, 2.05) is 0 Å². The molecule has 0 bridgehead atoms. The minimum absolute atomic E-state index is 0. The molecule has 0 unspecified atom stereocenters. The molecule has 0 aromatic rings. The Balaban J connectivity index is -0.000000405. The molecule has 0 aliphatic heterocycles. The molecule has 0 rings (SSSR count). The third kappa shape index (κ3) is 13.0. The number of hydrogen-bond donors (Lipinski definition) is 2. The fraction of sp³-hybridized carbons (Fsp3) is 0.833. The van der Waals surface area contributed by atoms with E-state index in [4.69, 9.17) is 28.4 Å². The molecule has 0 aliphatic carbocycles. The van der Waals surface area contributed by atoms with Crippen LogP contribution in [0.15, 0.2) is 0 Å². The lowest BCUT2D eigenvalue weighted by atomic mass is 10.4. The van der Waals surface area contributed by atoms with Gasteiger partial charge in [-0.1, -0.05) is 0 Å². The first-order valence-corrected chi connectivity index (χ1v) is 3.78. The average Bonchev–Trinajstić information content (AvgIpc) is 1.89. The number of hydrogen-bond acceptors (Lipinski definition) is 4. The van der Waals surface area contributed by atoms with E-state index >= 15 is 0 Å². The zero-order valence-corrected chi connectivity index (χ0v) is 9.27. The van der Waals surface area contributed by atoms with Gasteiger partial charge in [0.25, 0.3) is 0 Å². The summed E-state index contributed by atoms with van der Waals surface area (Å²) >= 11 is 4.82. The van der Waals surface area contributed by atoms with Gasteiger partial charge in [-0.25, -0.2) is 0 Å². The summed E-state index contributed by atoms with van der Waals surface area (Å²) in [6, 6.07) is 0. The first kappa shape index (κ1) is 18.2. The van der Waals surface area contributed by atoms with E-state index < -0.39 is 0 Å². The summed E-state index contributed by atoms with van der Waals surface area (Å²) in [5.41, 5.74) is 10.5. The van der Waals surface area contributed by atoms with Crippen molar-refractivity contribution in [3.8, 4) is 0 Å². The monoisotopic (exact) mass is 234 g/mol. The Labute approximate surface area is 91.0 Å². The zero-order chi connectivity index (χ0) is 7.82. The third-order valence-electron chi connectivity index (χ3n) is 0.960. The number of nitrogens with two attached hydrogens (primary N) is 2. The van der Waals surface area contributed by atoms with Crippen molar-refractivity contribution in [2.75, 3.05) is 19.7 Å². The molecular weight excluding hydrogens is 219 g/mol. The molecule has 0 amide bonds. The van der Waals surface area contributed by atoms with Crippen LogP contribution in [0.3, 0.4) is 0 Å². The Morgan fingerprint density at radius 3 is 2.17 bits per heavy atom. The molecule has 0 aromatic carbocycles. The predicted molar refractivity (Wildman–Crippen MR) is 60.4 cm³/mol. The molecule has 0 atom stereocenters. The number of rotatable bonds is 5. The largest absolute Gasteiger partial charge is 0.487 e. The molecule has 6 heteroatoms. The van der Waals surface area contributed by atoms with Gasteiger partial charge < -0.3 is 16.2 Å². The maximum absolute atomic E-state index is 5.24. The Morgan fingerprint density at radius 1 is 1.17 bits per heavy atom. The van der Waals surface area contributed by atoms with Crippen molar-refractivity contribution in [3.05, 3.63) is 0 Å². The summed E-state index contributed by atoms with van der Waals surface area (Å²) < 4.78 is 5.09. The maximum Gasteiger partial charge on any atom is 0.160 e. The highest BCUT2D eigenvalue weighted by molar-refractivity contribution is 7.80.